The summed E-state index contributed by atoms with van der Waals surface area (Å²) in [6, 6.07) is 4.79. The van der Waals surface area contributed by atoms with Gasteiger partial charge >= 0.3 is 0 Å². The molecule has 1 saturated heterocycles. The Bertz CT molecular complexity index is 407. The number of likely N-dealkylation sites (tertiary alicyclic amines) is 1. The number of carbonyl (C=O) groups excluding carboxylic acids is 1. The standard InChI is InChI=1S/C14H23N3OS/c1-11-8-12(15)5-6-17(11)10-14(18)16(2)9-13-4-3-7-19-13/h3-4,7,11-12H,5-6,8-10,15H2,1-2H3. The summed E-state index contributed by atoms with van der Waals surface area (Å²) in [6.07, 6.45) is 1.98. The molecule has 5 heteroatoms. The molecule has 2 N–H and O–H groups in total. The Balaban J connectivity index is 1.83. The molecule has 1 aliphatic heterocycles. The molecule has 2 heterocycles. The average Bonchev–Trinajstić information content (AvgIpc) is 2.85. The maximum Gasteiger partial charge on any atom is 0.236 e. The number of amides is 1. The number of hydrogen-bond acceptors (Lipinski definition) is 4. The third-order valence-corrected chi connectivity index (χ3v) is 4.65. The largest absolute Gasteiger partial charge is 0.340 e. The molecular formula is C14H23N3OS. The Labute approximate surface area is 119 Å². The molecule has 2 rings (SSSR count). The molecule has 1 aromatic rings. The molecule has 1 amide bonds. The summed E-state index contributed by atoms with van der Waals surface area (Å²) in [5.41, 5.74) is 5.95. The number of likely N-dealkylation sites (N-methyl/N-ethyl adjacent to an activating group) is 1. The molecule has 1 fully saturated rings. The molecule has 0 bridgehead atoms. The number of piperidine rings is 1. The van der Waals surface area contributed by atoms with E-state index in [4.69, 9.17) is 5.73 Å². The molecule has 0 aromatic carbocycles. The first-order chi connectivity index (χ1) is 9.06. The van der Waals surface area contributed by atoms with Crippen molar-refractivity contribution < 1.29 is 4.79 Å². The predicted octanol–water partition coefficient (Wildman–Crippen LogP) is 1.52. The van der Waals surface area contributed by atoms with Crippen LogP contribution in [0.4, 0.5) is 0 Å². The maximum absolute atomic E-state index is 12.2. The van der Waals surface area contributed by atoms with Gasteiger partial charge < -0.3 is 10.6 Å². The van der Waals surface area contributed by atoms with Gasteiger partial charge in [0.05, 0.1) is 13.1 Å². The minimum Gasteiger partial charge on any atom is -0.340 e. The van der Waals surface area contributed by atoms with Crippen molar-refractivity contribution in [3.8, 4) is 0 Å². The normalized spacial score (nSPS) is 24.4. The zero-order chi connectivity index (χ0) is 13.8. The number of carbonyl (C=O) groups is 1. The van der Waals surface area contributed by atoms with Gasteiger partial charge in [-0.3, -0.25) is 9.69 Å². The van der Waals surface area contributed by atoms with E-state index < -0.39 is 0 Å². The van der Waals surface area contributed by atoms with Crippen LogP contribution in [0.2, 0.25) is 0 Å². The third-order valence-electron chi connectivity index (χ3n) is 3.79. The van der Waals surface area contributed by atoms with Crippen molar-refractivity contribution in [1.29, 1.82) is 0 Å². The van der Waals surface area contributed by atoms with Crippen LogP contribution in [0.5, 0.6) is 0 Å². The fraction of sp³-hybridized carbons (Fsp3) is 0.643. The van der Waals surface area contributed by atoms with E-state index in [1.165, 1.54) is 4.88 Å². The van der Waals surface area contributed by atoms with Gasteiger partial charge in [0.2, 0.25) is 5.91 Å². The molecule has 0 radical (unpaired) electrons. The number of nitrogens with zero attached hydrogens (tertiary/aromatic N) is 2. The van der Waals surface area contributed by atoms with E-state index >= 15 is 0 Å². The van der Waals surface area contributed by atoms with Gasteiger partial charge in [-0.2, -0.15) is 0 Å². The van der Waals surface area contributed by atoms with Gasteiger partial charge in [0.1, 0.15) is 0 Å². The second kappa shape index (κ2) is 6.50. The van der Waals surface area contributed by atoms with Gasteiger partial charge in [0, 0.05) is 30.6 Å². The van der Waals surface area contributed by atoms with Crippen molar-refractivity contribution in [1.82, 2.24) is 9.80 Å². The molecule has 1 aromatic heterocycles. The lowest BCUT2D eigenvalue weighted by atomic mass is 9.99. The van der Waals surface area contributed by atoms with Crippen molar-refractivity contribution in [2.45, 2.75) is 38.4 Å². The minimum atomic E-state index is 0.190. The fourth-order valence-corrected chi connectivity index (χ4v) is 3.27. The summed E-state index contributed by atoms with van der Waals surface area (Å²) in [6.45, 7) is 4.31. The van der Waals surface area contributed by atoms with E-state index in [1.54, 1.807) is 11.3 Å². The molecule has 2 atom stereocenters. The Kier molecular flexibility index (Phi) is 4.96. The van der Waals surface area contributed by atoms with Crippen LogP contribution in [0, 0.1) is 0 Å². The van der Waals surface area contributed by atoms with Crippen molar-refractivity contribution in [3.05, 3.63) is 22.4 Å². The van der Waals surface area contributed by atoms with Gasteiger partial charge in [-0.25, -0.2) is 0 Å². The zero-order valence-electron chi connectivity index (χ0n) is 11.7. The molecule has 4 nitrogen and oxygen atoms in total. The predicted molar refractivity (Wildman–Crippen MR) is 79.0 cm³/mol. The molecule has 19 heavy (non-hydrogen) atoms. The van der Waals surface area contributed by atoms with Crippen molar-refractivity contribution in [3.63, 3.8) is 0 Å². The summed E-state index contributed by atoms with van der Waals surface area (Å²) in [5, 5.41) is 2.04. The van der Waals surface area contributed by atoms with Crippen LogP contribution in [-0.4, -0.2) is 47.9 Å². The molecule has 106 valence electrons. The molecular weight excluding hydrogens is 258 g/mol. The van der Waals surface area contributed by atoms with Crippen LogP contribution in [0.15, 0.2) is 17.5 Å². The SMILES string of the molecule is CC1CC(N)CCN1CC(=O)N(C)Cc1cccs1. The van der Waals surface area contributed by atoms with Crippen molar-refractivity contribution >= 4 is 17.2 Å². The van der Waals surface area contributed by atoms with E-state index in [0.717, 1.165) is 19.4 Å². The highest BCUT2D eigenvalue weighted by molar-refractivity contribution is 7.09. The van der Waals surface area contributed by atoms with Crippen LogP contribution < -0.4 is 5.73 Å². The van der Waals surface area contributed by atoms with Gasteiger partial charge in [0.25, 0.3) is 0 Å². The number of rotatable bonds is 4. The monoisotopic (exact) mass is 281 g/mol. The third kappa shape index (κ3) is 4.03. The Morgan fingerprint density at radius 1 is 1.63 bits per heavy atom. The summed E-state index contributed by atoms with van der Waals surface area (Å²) >= 11 is 1.69. The van der Waals surface area contributed by atoms with Gasteiger partial charge in [-0.15, -0.1) is 11.3 Å². The van der Waals surface area contributed by atoms with E-state index in [2.05, 4.69) is 17.9 Å². The van der Waals surface area contributed by atoms with Crippen LogP contribution in [0.25, 0.3) is 0 Å². The summed E-state index contributed by atoms with van der Waals surface area (Å²) in [7, 11) is 1.88. The summed E-state index contributed by atoms with van der Waals surface area (Å²) in [5.74, 6) is 0.190. The smallest absolute Gasteiger partial charge is 0.236 e. The van der Waals surface area contributed by atoms with Crippen LogP contribution >= 0.6 is 11.3 Å². The number of hydrogen-bond donors (Lipinski definition) is 1. The first kappa shape index (κ1) is 14.5. The second-order valence-corrected chi connectivity index (χ2v) is 6.47. The molecule has 0 saturated carbocycles. The lowest BCUT2D eigenvalue weighted by molar-refractivity contribution is -0.132. The Morgan fingerprint density at radius 2 is 2.42 bits per heavy atom. The highest BCUT2D eigenvalue weighted by atomic mass is 32.1. The average molecular weight is 281 g/mol. The van der Waals surface area contributed by atoms with Crippen molar-refractivity contribution in [2.75, 3.05) is 20.1 Å². The number of thiophene rings is 1. The van der Waals surface area contributed by atoms with Gasteiger partial charge in [-0.05, 0) is 31.2 Å². The molecule has 0 aliphatic carbocycles. The van der Waals surface area contributed by atoms with E-state index in [-0.39, 0.29) is 5.91 Å². The first-order valence-electron chi connectivity index (χ1n) is 6.82. The van der Waals surface area contributed by atoms with E-state index in [1.807, 2.05) is 23.4 Å². The topological polar surface area (TPSA) is 49.6 Å². The minimum absolute atomic E-state index is 0.190. The lowest BCUT2D eigenvalue weighted by Gasteiger charge is -2.36. The first-order valence-corrected chi connectivity index (χ1v) is 7.70. The summed E-state index contributed by atoms with van der Waals surface area (Å²) in [4.78, 5) is 17.5. The highest BCUT2D eigenvalue weighted by Gasteiger charge is 2.25. The van der Waals surface area contributed by atoms with Crippen LogP contribution in [0.1, 0.15) is 24.6 Å². The Hall–Kier alpha value is -0.910. The lowest BCUT2D eigenvalue weighted by Crippen LogP contribution is -2.49. The van der Waals surface area contributed by atoms with E-state index in [9.17, 15) is 4.79 Å². The fourth-order valence-electron chi connectivity index (χ4n) is 2.51. The maximum atomic E-state index is 12.2. The van der Waals surface area contributed by atoms with Gasteiger partial charge in [0.15, 0.2) is 0 Å². The van der Waals surface area contributed by atoms with Gasteiger partial charge in [-0.1, -0.05) is 6.07 Å². The molecule has 1 aliphatic rings. The zero-order valence-corrected chi connectivity index (χ0v) is 12.5. The Morgan fingerprint density at radius 3 is 3.05 bits per heavy atom. The van der Waals surface area contributed by atoms with Crippen molar-refractivity contribution in [2.24, 2.45) is 5.73 Å². The van der Waals surface area contributed by atoms with Crippen LogP contribution in [-0.2, 0) is 11.3 Å². The molecule has 0 spiro atoms. The quantitative estimate of drug-likeness (QED) is 0.910. The number of nitrogens with two attached hydrogens (primary N) is 1. The second-order valence-electron chi connectivity index (χ2n) is 5.43. The summed E-state index contributed by atoms with van der Waals surface area (Å²) < 4.78 is 0. The van der Waals surface area contributed by atoms with E-state index in [0.29, 0.717) is 25.2 Å². The van der Waals surface area contributed by atoms with Crippen LogP contribution in [0.3, 0.4) is 0 Å². The molecule has 2 unspecified atom stereocenters. The highest BCUT2D eigenvalue weighted by Crippen LogP contribution is 2.16.